The number of nitrogens with zero attached hydrogens (tertiary/aromatic N) is 2. The molecule has 2 aromatic rings. The first kappa shape index (κ1) is 25.0. The topological polar surface area (TPSA) is 90.1 Å². The van der Waals surface area contributed by atoms with Crippen LogP contribution in [0.5, 0.6) is 0 Å². The van der Waals surface area contributed by atoms with Gasteiger partial charge in [-0.2, -0.15) is 0 Å². The van der Waals surface area contributed by atoms with E-state index in [1.807, 2.05) is 32.0 Å². The molecule has 7 nitrogen and oxygen atoms in total. The third-order valence-corrected chi connectivity index (χ3v) is 4.24. The molecule has 8 heteroatoms. The maximum absolute atomic E-state index is 12.0. The molecule has 29 heavy (non-hydrogen) atoms. The predicted octanol–water partition coefficient (Wildman–Crippen LogP) is 2.87. The van der Waals surface area contributed by atoms with Gasteiger partial charge in [0.15, 0.2) is 5.96 Å². The minimum atomic E-state index is -1.15. The van der Waals surface area contributed by atoms with E-state index in [1.54, 1.807) is 44.1 Å². The van der Waals surface area contributed by atoms with Gasteiger partial charge in [0.25, 0.3) is 5.91 Å². The summed E-state index contributed by atoms with van der Waals surface area (Å²) in [4.78, 5) is 18.1. The largest absolute Gasteiger partial charge is 0.463 e. The second-order valence-electron chi connectivity index (χ2n) is 7.13. The third-order valence-electron chi connectivity index (χ3n) is 4.24. The lowest BCUT2D eigenvalue weighted by Crippen LogP contribution is -2.44. The number of benzene rings is 1. The van der Waals surface area contributed by atoms with Gasteiger partial charge in [-0.05, 0) is 50.6 Å². The molecule has 3 N–H and O–H groups in total. The summed E-state index contributed by atoms with van der Waals surface area (Å²) in [7, 11) is 3.46. The Hall–Kier alpha value is -2.07. The van der Waals surface area contributed by atoms with E-state index in [0.717, 1.165) is 11.3 Å². The summed E-state index contributed by atoms with van der Waals surface area (Å²) in [5.74, 6) is 1.83. The molecule has 1 unspecified atom stereocenters. The molecule has 0 fully saturated rings. The minimum Gasteiger partial charge on any atom is -0.463 e. The van der Waals surface area contributed by atoms with E-state index in [9.17, 15) is 9.90 Å². The molecule has 1 amide bonds. The van der Waals surface area contributed by atoms with E-state index in [2.05, 4.69) is 15.6 Å². The summed E-state index contributed by atoms with van der Waals surface area (Å²) < 4.78 is 5.54. The van der Waals surface area contributed by atoms with Crippen LogP contribution in [0.4, 0.5) is 0 Å². The molecule has 0 bridgehead atoms. The average Bonchev–Trinajstić information content (AvgIpc) is 3.11. The van der Waals surface area contributed by atoms with Crippen LogP contribution in [0.2, 0.25) is 0 Å². The quantitative estimate of drug-likeness (QED) is 0.301. The van der Waals surface area contributed by atoms with E-state index in [0.29, 0.717) is 30.4 Å². The van der Waals surface area contributed by atoms with Gasteiger partial charge in [0.2, 0.25) is 0 Å². The number of aliphatic imine (C=N–C) groups is 1. The molecule has 1 atom stereocenters. The molecule has 0 aliphatic heterocycles. The van der Waals surface area contributed by atoms with Crippen molar-refractivity contribution in [2.24, 2.45) is 4.99 Å². The zero-order chi connectivity index (χ0) is 20.7. The van der Waals surface area contributed by atoms with Gasteiger partial charge < -0.3 is 25.1 Å². The van der Waals surface area contributed by atoms with Crippen LogP contribution in [0.1, 0.15) is 41.3 Å². The first-order valence-corrected chi connectivity index (χ1v) is 9.35. The van der Waals surface area contributed by atoms with Gasteiger partial charge in [-0.1, -0.05) is 12.1 Å². The third kappa shape index (κ3) is 7.36. The number of guanidine groups is 1. The number of rotatable bonds is 7. The average molecular weight is 514 g/mol. The molecule has 0 radical (unpaired) electrons. The molecule has 1 aromatic carbocycles. The van der Waals surface area contributed by atoms with Crippen molar-refractivity contribution in [2.45, 2.75) is 32.9 Å². The van der Waals surface area contributed by atoms with Gasteiger partial charge in [-0.3, -0.25) is 4.79 Å². The number of carbonyl (C=O) groups excluding carboxylic acids is 1. The smallest absolute Gasteiger partial charge is 0.253 e. The summed E-state index contributed by atoms with van der Waals surface area (Å²) in [5.41, 5.74) is 0.479. The monoisotopic (exact) mass is 514 g/mol. The van der Waals surface area contributed by atoms with E-state index in [4.69, 9.17) is 4.42 Å². The summed E-state index contributed by atoms with van der Waals surface area (Å²) in [6, 6.07) is 11.0. The number of aryl methyl sites for hydroxylation is 1. The van der Waals surface area contributed by atoms with Crippen molar-refractivity contribution in [1.82, 2.24) is 15.5 Å². The van der Waals surface area contributed by atoms with Crippen LogP contribution in [-0.2, 0) is 12.1 Å². The molecule has 0 aliphatic rings. The summed E-state index contributed by atoms with van der Waals surface area (Å²) in [6.45, 7) is 6.92. The Balaban J connectivity index is 0.00000420. The Morgan fingerprint density at radius 1 is 1.17 bits per heavy atom. The lowest BCUT2D eigenvalue weighted by Gasteiger charge is -2.22. The van der Waals surface area contributed by atoms with Gasteiger partial charge >= 0.3 is 0 Å². The Morgan fingerprint density at radius 2 is 1.83 bits per heavy atom. The van der Waals surface area contributed by atoms with E-state index >= 15 is 0 Å². The number of carbonyl (C=O) groups is 1. The highest BCUT2D eigenvalue weighted by molar-refractivity contribution is 14.0. The van der Waals surface area contributed by atoms with Crippen LogP contribution >= 0.6 is 24.0 Å². The van der Waals surface area contributed by atoms with Gasteiger partial charge in [-0.25, -0.2) is 4.99 Å². The molecule has 0 saturated heterocycles. The molecule has 160 valence electrons. The summed E-state index contributed by atoms with van der Waals surface area (Å²) >= 11 is 0. The van der Waals surface area contributed by atoms with Crippen molar-refractivity contribution in [3.63, 3.8) is 0 Å². The molecule has 0 spiro atoms. The van der Waals surface area contributed by atoms with Gasteiger partial charge in [0.1, 0.15) is 17.1 Å². The van der Waals surface area contributed by atoms with Gasteiger partial charge in [0, 0.05) is 26.2 Å². The van der Waals surface area contributed by atoms with E-state index < -0.39 is 5.60 Å². The van der Waals surface area contributed by atoms with Crippen molar-refractivity contribution < 1.29 is 14.3 Å². The van der Waals surface area contributed by atoms with Crippen molar-refractivity contribution in [2.75, 3.05) is 27.2 Å². The lowest BCUT2D eigenvalue weighted by atomic mass is 10.0. The second-order valence-corrected chi connectivity index (χ2v) is 7.13. The fourth-order valence-electron chi connectivity index (χ4n) is 2.59. The summed E-state index contributed by atoms with van der Waals surface area (Å²) in [6.07, 6.45) is 0. The molecular weight excluding hydrogens is 483 g/mol. The Bertz CT molecular complexity index is 814. The fraction of sp³-hybridized carbons (Fsp3) is 0.429. The van der Waals surface area contributed by atoms with Crippen LogP contribution in [0.15, 0.2) is 45.8 Å². The number of hydrogen-bond donors (Lipinski definition) is 3. The first-order valence-electron chi connectivity index (χ1n) is 9.35. The molecule has 2 rings (SSSR count). The number of halogens is 1. The zero-order valence-electron chi connectivity index (χ0n) is 17.7. The lowest BCUT2D eigenvalue weighted by molar-refractivity contribution is 0.0378. The van der Waals surface area contributed by atoms with Crippen molar-refractivity contribution in [3.8, 4) is 0 Å². The fourth-order valence-corrected chi connectivity index (χ4v) is 2.59. The highest BCUT2D eigenvalue weighted by Gasteiger charge is 2.27. The Labute approximate surface area is 189 Å². The second kappa shape index (κ2) is 11.2. The number of hydrogen-bond acceptors (Lipinski definition) is 4. The number of amides is 1. The van der Waals surface area contributed by atoms with Crippen LogP contribution in [0, 0.1) is 6.92 Å². The van der Waals surface area contributed by atoms with Crippen LogP contribution in [-0.4, -0.2) is 49.1 Å². The van der Waals surface area contributed by atoms with Crippen LogP contribution in [0.25, 0.3) is 0 Å². The maximum Gasteiger partial charge on any atom is 0.253 e. The summed E-state index contributed by atoms with van der Waals surface area (Å²) in [5, 5.41) is 17.0. The van der Waals surface area contributed by atoms with E-state index in [-0.39, 0.29) is 36.4 Å². The Morgan fingerprint density at radius 3 is 2.34 bits per heavy atom. The molecule has 1 heterocycles. The zero-order valence-corrected chi connectivity index (χ0v) is 20.0. The molecule has 0 saturated carbocycles. The normalized spacial score (nSPS) is 13.2. The van der Waals surface area contributed by atoms with Gasteiger partial charge in [0.05, 0.1) is 13.1 Å². The highest BCUT2D eigenvalue weighted by Crippen LogP contribution is 2.21. The molecule has 0 aliphatic carbocycles. The van der Waals surface area contributed by atoms with Crippen LogP contribution < -0.4 is 10.6 Å². The number of nitrogens with one attached hydrogen (secondary N) is 2. The predicted molar refractivity (Wildman–Crippen MR) is 126 cm³/mol. The van der Waals surface area contributed by atoms with Crippen LogP contribution in [0.3, 0.4) is 0 Å². The molecule has 1 aromatic heterocycles. The first-order chi connectivity index (χ1) is 13.2. The number of aliphatic hydroxyl groups is 1. The van der Waals surface area contributed by atoms with Crippen molar-refractivity contribution in [1.29, 1.82) is 0 Å². The van der Waals surface area contributed by atoms with Crippen molar-refractivity contribution in [3.05, 3.63) is 59.0 Å². The number of furan rings is 1. The van der Waals surface area contributed by atoms with Gasteiger partial charge in [-0.15, -0.1) is 24.0 Å². The molecular formula is C21H31IN4O3. The van der Waals surface area contributed by atoms with Crippen molar-refractivity contribution >= 4 is 35.8 Å². The van der Waals surface area contributed by atoms with E-state index in [1.165, 1.54) is 0 Å². The Kier molecular flexibility index (Phi) is 9.64. The SMILES string of the molecule is CCNC(=NCc1ccc(C(=O)N(C)C)cc1)NCC(C)(O)c1ccc(C)o1.I. The minimum absolute atomic E-state index is 0. The standard InChI is InChI=1S/C21H30N4O3.HI/c1-6-22-20(24-14-21(3,27)18-12-7-15(2)28-18)23-13-16-8-10-17(11-9-16)19(26)25(4)5;/h7-12,27H,6,13-14H2,1-5H3,(H2,22,23,24);1H. The highest BCUT2D eigenvalue weighted by atomic mass is 127. The maximum atomic E-state index is 12.0.